The Labute approximate surface area is 165 Å². The molecule has 150 valence electrons. The predicted molar refractivity (Wildman–Crippen MR) is 106 cm³/mol. The quantitative estimate of drug-likeness (QED) is 0.634. The molecule has 0 aromatic heterocycles. The van der Waals surface area contributed by atoms with E-state index in [1.807, 2.05) is 38.1 Å². The summed E-state index contributed by atoms with van der Waals surface area (Å²) in [5.74, 6) is 0.284. The van der Waals surface area contributed by atoms with E-state index >= 15 is 0 Å². The number of carbonyl (C=O) groups excluding carboxylic acids is 2. The Bertz CT molecular complexity index is 756. The third kappa shape index (κ3) is 6.95. The summed E-state index contributed by atoms with van der Waals surface area (Å²) < 4.78 is 15.6. The summed E-state index contributed by atoms with van der Waals surface area (Å²) >= 11 is 0. The van der Waals surface area contributed by atoms with Crippen LogP contribution in [0.15, 0.2) is 48.5 Å². The molecule has 0 saturated carbocycles. The van der Waals surface area contributed by atoms with Gasteiger partial charge in [-0.15, -0.1) is 0 Å². The molecule has 0 fully saturated rings. The lowest BCUT2D eigenvalue weighted by Crippen LogP contribution is -2.31. The van der Waals surface area contributed by atoms with Gasteiger partial charge in [0.05, 0.1) is 12.6 Å². The fraction of sp³-hybridized carbons (Fsp3) is 0.364. The first-order valence-corrected chi connectivity index (χ1v) is 9.41. The molecule has 0 aliphatic heterocycles. The molecule has 0 aliphatic carbocycles. The highest BCUT2D eigenvalue weighted by Gasteiger charge is 2.12. The fourth-order valence-electron chi connectivity index (χ4n) is 2.54. The molecular formula is C22H27NO5. The molecular weight excluding hydrogens is 358 g/mol. The van der Waals surface area contributed by atoms with Crippen molar-refractivity contribution in [2.75, 3.05) is 19.8 Å². The van der Waals surface area contributed by atoms with Crippen molar-refractivity contribution in [2.45, 2.75) is 33.2 Å². The first-order valence-electron chi connectivity index (χ1n) is 9.41. The topological polar surface area (TPSA) is 73.9 Å². The zero-order valence-electron chi connectivity index (χ0n) is 16.6. The molecule has 0 aliphatic rings. The van der Waals surface area contributed by atoms with Crippen molar-refractivity contribution in [1.82, 2.24) is 5.32 Å². The number of hydrogen-bond donors (Lipinski definition) is 1. The highest BCUT2D eigenvalue weighted by molar-refractivity contribution is 5.81. The molecule has 0 radical (unpaired) electrons. The molecule has 0 heterocycles. The number of nitrogens with one attached hydrogen (secondary N) is 1. The van der Waals surface area contributed by atoms with Crippen LogP contribution in [0.5, 0.6) is 11.5 Å². The minimum absolute atomic E-state index is 0.169. The molecule has 1 amide bonds. The Hall–Kier alpha value is -3.02. The lowest BCUT2D eigenvalue weighted by Gasteiger charge is -2.15. The van der Waals surface area contributed by atoms with Gasteiger partial charge in [-0.05, 0) is 55.7 Å². The van der Waals surface area contributed by atoms with Crippen LogP contribution in [0.2, 0.25) is 0 Å². The molecule has 0 bridgehead atoms. The Balaban J connectivity index is 1.70. The third-order valence-electron chi connectivity index (χ3n) is 4.12. The molecule has 1 atom stereocenters. The number of carbonyl (C=O) groups is 2. The summed E-state index contributed by atoms with van der Waals surface area (Å²) in [6.07, 6.45) is 0.968. The van der Waals surface area contributed by atoms with E-state index < -0.39 is 5.97 Å². The number of rotatable bonds is 10. The zero-order valence-corrected chi connectivity index (χ0v) is 16.6. The van der Waals surface area contributed by atoms with Crippen LogP contribution in [0.25, 0.3) is 0 Å². The van der Waals surface area contributed by atoms with Crippen molar-refractivity contribution in [3.63, 3.8) is 0 Å². The minimum atomic E-state index is -0.607. The zero-order chi connectivity index (χ0) is 20.4. The monoisotopic (exact) mass is 385 g/mol. The number of hydrogen-bond acceptors (Lipinski definition) is 5. The smallest absolute Gasteiger partial charge is 0.344 e. The molecule has 0 unspecified atom stereocenters. The van der Waals surface area contributed by atoms with Crippen molar-refractivity contribution in [2.24, 2.45) is 0 Å². The first kappa shape index (κ1) is 21.3. The normalized spacial score (nSPS) is 11.4. The van der Waals surface area contributed by atoms with E-state index in [0.29, 0.717) is 12.4 Å². The van der Waals surface area contributed by atoms with E-state index in [0.717, 1.165) is 17.7 Å². The summed E-state index contributed by atoms with van der Waals surface area (Å²) in [6, 6.07) is 14.8. The highest BCUT2D eigenvalue weighted by Crippen LogP contribution is 2.17. The highest BCUT2D eigenvalue weighted by atomic mass is 16.6. The van der Waals surface area contributed by atoms with E-state index in [2.05, 4.69) is 12.2 Å². The van der Waals surface area contributed by atoms with Crippen LogP contribution in [-0.2, 0) is 20.7 Å². The van der Waals surface area contributed by atoms with Crippen molar-refractivity contribution >= 4 is 11.9 Å². The van der Waals surface area contributed by atoms with Gasteiger partial charge in [0.2, 0.25) is 0 Å². The number of aryl methyl sites for hydroxylation is 1. The van der Waals surface area contributed by atoms with Crippen LogP contribution in [-0.4, -0.2) is 31.7 Å². The SMILES string of the molecule is CCOc1ccc(OCC(=O)OCC(=O)N[C@@H](C)c2ccc(CC)cc2)cc1. The van der Waals surface area contributed by atoms with E-state index in [1.165, 1.54) is 5.56 Å². The summed E-state index contributed by atoms with van der Waals surface area (Å²) in [7, 11) is 0. The molecule has 28 heavy (non-hydrogen) atoms. The molecule has 6 heteroatoms. The third-order valence-corrected chi connectivity index (χ3v) is 4.12. The molecule has 6 nitrogen and oxygen atoms in total. The summed E-state index contributed by atoms with van der Waals surface area (Å²) in [4.78, 5) is 23.7. The summed E-state index contributed by atoms with van der Waals surface area (Å²) in [5, 5.41) is 2.81. The Morgan fingerprint density at radius 2 is 1.50 bits per heavy atom. The van der Waals surface area contributed by atoms with Crippen molar-refractivity contribution in [3.05, 3.63) is 59.7 Å². The molecule has 2 rings (SSSR count). The summed E-state index contributed by atoms with van der Waals surface area (Å²) in [5.41, 5.74) is 2.24. The predicted octanol–water partition coefficient (Wildman–Crippen LogP) is 3.45. The Morgan fingerprint density at radius 3 is 2.07 bits per heavy atom. The van der Waals surface area contributed by atoms with E-state index in [1.54, 1.807) is 24.3 Å². The van der Waals surface area contributed by atoms with E-state index in [4.69, 9.17) is 14.2 Å². The largest absolute Gasteiger partial charge is 0.494 e. The van der Waals surface area contributed by atoms with Gasteiger partial charge >= 0.3 is 5.97 Å². The number of benzene rings is 2. The molecule has 0 spiro atoms. The van der Waals surface area contributed by atoms with Crippen LogP contribution in [0, 0.1) is 0 Å². The lowest BCUT2D eigenvalue weighted by atomic mass is 10.1. The molecule has 0 saturated heterocycles. The standard InChI is InChI=1S/C22H27NO5/c1-4-17-6-8-18(9-7-17)16(3)23-21(24)14-28-22(25)15-27-20-12-10-19(11-13-20)26-5-2/h6-13,16H,4-5,14-15H2,1-3H3,(H,23,24)/t16-/m0/s1. The van der Waals surface area contributed by atoms with Gasteiger partial charge in [-0.25, -0.2) is 4.79 Å². The van der Waals surface area contributed by atoms with Crippen molar-refractivity contribution < 1.29 is 23.8 Å². The van der Waals surface area contributed by atoms with Gasteiger partial charge in [0.15, 0.2) is 13.2 Å². The average molecular weight is 385 g/mol. The van der Waals surface area contributed by atoms with Crippen LogP contribution < -0.4 is 14.8 Å². The number of esters is 1. The summed E-state index contributed by atoms with van der Waals surface area (Å²) in [6.45, 7) is 5.85. The second-order valence-electron chi connectivity index (χ2n) is 6.24. The van der Waals surface area contributed by atoms with Crippen LogP contribution in [0.4, 0.5) is 0 Å². The molecule has 2 aromatic rings. The Kier molecular flexibility index (Phi) is 8.34. The second kappa shape index (κ2) is 11.0. The maximum Gasteiger partial charge on any atom is 0.344 e. The second-order valence-corrected chi connectivity index (χ2v) is 6.24. The minimum Gasteiger partial charge on any atom is -0.494 e. The maximum absolute atomic E-state index is 12.0. The van der Waals surface area contributed by atoms with Gasteiger partial charge in [0.25, 0.3) is 5.91 Å². The van der Waals surface area contributed by atoms with E-state index in [-0.39, 0.29) is 25.2 Å². The van der Waals surface area contributed by atoms with Crippen LogP contribution in [0.1, 0.15) is 37.9 Å². The van der Waals surface area contributed by atoms with Gasteiger partial charge in [-0.1, -0.05) is 31.2 Å². The van der Waals surface area contributed by atoms with Gasteiger partial charge in [0.1, 0.15) is 11.5 Å². The van der Waals surface area contributed by atoms with Gasteiger partial charge in [-0.3, -0.25) is 4.79 Å². The number of amides is 1. The Morgan fingerprint density at radius 1 is 0.893 bits per heavy atom. The van der Waals surface area contributed by atoms with Gasteiger partial charge in [0, 0.05) is 0 Å². The lowest BCUT2D eigenvalue weighted by molar-refractivity contribution is -0.150. The average Bonchev–Trinajstić information content (AvgIpc) is 2.72. The van der Waals surface area contributed by atoms with Crippen LogP contribution in [0.3, 0.4) is 0 Å². The van der Waals surface area contributed by atoms with E-state index in [9.17, 15) is 9.59 Å². The number of ether oxygens (including phenoxy) is 3. The molecule has 1 N–H and O–H groups in total. The maximum atomic E-state index is 12.0. The van der Waals surface area contributed by atoms with Gasteiger partial charge in [-0.2, -0.15) is 0 Å². The first-order chi connectivity index (χ1) is 13.5. The molecule has 2 aromatic carbocycles. The van der Waals surface area contributed by atoms with Crippen LogP contribution >= 0.6 is 0 Å². The van der Waals surface area contributed by atoms with Crippen molar-refractivity contribution in [3.8, 4) is 11.5 Å². The van der Waals surface area contributed by atoms with Gasteiger partial charge < -0.3 is 19.5 Å². The van der Waals surface area contributed by atoms with Crippen molar-refractivity contribution in [1.29, 1.82) is 0 Å². The fourth-order valence-corrected chi connectivity index (χ4v) is 2.54.